The highest BCUT2D eigenvalue weighted by Gasteiger charge is 2.31. The van der Waals surface area contributed by atoms with Crippen LogP contribution in [0.15, 0.2) is 35.5 Å². The van der Waals surface area contributed by atoms with Gasteiger partial charge in [-0.25, -0.2) is 13.1 Å². The van der Waals surface area contributed by atoms with Gasteiger partial charge in [-0.05, 0) is 18.1 Å². The molecule has 0 fully saturated rings. The molecule has 1 aliphatic rings. The molecule has 1 aromatic carbocycles. The van der Waals surface area contributed by atoms with Crippen molar-refractivity contribution in [3.8, 4) is 0 Å². The number of para-hydroxylation sites is 1. The van der Waals surface area contributed by atoms with Gasteiger partial charge in [-0.1, -0.05) is 23.4 Å². The van der Waals surface area contributed by atoms with E-state index in [0.29, 0.717) is 12.1 Å². The van der Waals surface area contributed by atoms with E-state index < -0.39 is 16.1 Å². The summed E-state index contributed by atoms with van der Waals surface area (Å²) in [6, 6.07) is 6.42. The number of aromatic nitrogens is 3. The van der Waals surface area contributed by atoms with Crippen molar-refractivity contribution in [3.63, 3.8) is 0 Å². The summed E-state index contributed by atoms with van der Waals surface area (Å²) in [5.74, 6) is -0.382. The van der Waals surface area contributed by atoms with Gasteiger partial charge in [0, 0.05) is 12.7 Å². The van der Waals surface area contributed by atoms with Crippen LogP contribution in [0.3, 0.4) is 0 Å². The predicted molar refractivity (Wildman–Crippen MR) is 73.9 cm³/mol. The van der Waals surface area contributed by atoms with Gasteiger partial charge in [-0.3, -0.25) is 4.79 Å². The monoisotopic (exact) mass is 307 g/mol. The van der Waals surface area contributed by atoms with Crippen LogP contribution in [0.5, 0.6) is 0 Å². The number of carbonyl (C=O) groups is 1. The predicted octanol–water partition coefficient (Wildman–Crippen LogP) is -0.343. The number of nitrogens with zero attached hydrogens (tertiary/aromatic N) is 3. The molecule has 3 rings (SSSR count). The first-order valence-electron chi connectivity index (χ1n) is 6.23. The SMILES string of the molecule is Cn1nncc1S(=O)(=O)NC1Cc2ccccc2NC1=O. The van der Waals surface area contributed by atoms with Crippen molar-refractivity contribution in [3.05, 3.63) is 36.0 Å². The Kier molecular flexibility index (Phi) is 3.22. The third-order valence-electron chi connectivity index (χ3n) is 3.26. The van der Waals surface area contributed by atoms with Gasteiger partial charge in [0.15, 0.2) is 5.03 Å². The Morgan fingerprint density at radius 3 is 2.86 bits per heavy atom. The molecule has 0 saturated heterocycles. The molecule has 0 bridgehead atoms. The average molecular weight is 307 g/mol. The molecule has 0 aliphatic carbocycles. The molecule has 1 amide bonds. The van der Waals surface area contributed by atoms with E-state index in [1.165, 1.54) is 7.05 Å². The fourth-order valence-electron chi connectivity index (χ4n) is 2.22. The van der Waals surface area contributed by atoms with Crippen LogP contribution in [0.4, 0.5) is 5.69 Å². The van der Waals surface area contributed by atoms with Crippen LogP contribution in [-0.4, -0.2) is 35.4 Å². The molecule has 1 aromatic heterocycles. The van der Waals surface area contributed by atoms with Gasteiger partial charge < -0.3 is 5.32 Å². The quantitative estimate of drug-likeness (QED) is 0.806. The zero-order chi connectivity index (χ0) is 15.0. The lowest BCUT2D eigenvalue weighted by molar-refractivity contribution is -0.118. The highest BCUT2D eigenvalue weighted by atomic mass is 32.2. The zero-order valence-corrected chi connectivity index (χ0v) is 12.0. The molecule has 9 heteroatoms. The lowest BCUT2D eigenvalue weighted by Crippen LogP contribution is -2.47. The molecule has 1 unspecified atom stereocenters. The normalized spacial score (nSPS) is 18.1. The number of nitrogens with one attached hydrogen (secondary N) is 2. The van der Waals surface area contributed by atoms with Gasteiger partial charge >= 0.3 is 0 Å². The van der Waals surface area contributed by atoms with Gasteiger partial charge in [-0.15, -0.1) is 5.10 Å². The summed E-state index contributed by atoms with van der Waals surface area (Å²) < 4.78 is 28.0. The van der Waals surface area contributed by atoms with E-state index in [1.54, 1.807) is 6.07 Å². The van der Waals surface area contributed by atoms with E-state index >= 15 is 0 Å². The first kappa shape index (κ1) is 13.7. The van der Waals surface area contributed by atoms with Crippen LogP contribution in [0.2, 0.25) is 0 Å². The number of sulfonamides is 1. The van der Waals surface area contributed by atoms with Crippen molar-refractivity contribution in [1.29, 1.82) is 0 Å². The molecule has 2 N–H and O–H groups in total. The number of hydrogen-bond acceptors (Lipinski definition) is 5. The molecule has 0 radical (unpaired) electrons. The maximum atomic E-state index is 12.2. The first-order valence-corrected chi connectivity index (χ1v) is 7.71. The van der Waals surface area contributed by atoms with E-state index in [4.69, 9.17) is 0 Å². The lowest BCUT2D eigenvalue weighted by atomic mass is 10.00. The van der Waals surface area contributed by atoms with Crippen LogP contribution in [0.1, 0.15) is 5.56 Å². The highest BCUT2D eigenvalue weighted by molar-refractivity contribution is 7.89. The number of aryl methyl sites for hydroxylation is 1. The molecule has 110 valence electrons. The summed E-state index contributed by atoms with van der Waals surface area (Å²) in [4.78, 5) is 12.0. The Hall–Kier alpha value is -2.26. The van der Waals surface area contributed by atoms with Crippen LogP contribution in [0, 0.1) is 0 Å². The lowest BCUT2D eigenvalue weighted by Gasteiger charge is -2.24. The maximum absolute atomic E-state index is 12.2. The summed E-state index contributed by atoms with van der Waals surface area (Å²) >= 11 is 0. The van der Waals surface area contributed by atoms with Gasteiger partial charge in [0.05, 0.1) is 6.20 Å². The molecule has 1 aliphatic heterocycles. The van der Waals surface area contributed by atoms with E-state index in [-0.39, 0.29) is 10.9 Å². The molecule has 2 heterocycles. The number of anilines is 1. The molecule has 0 spiro atoms. The zero-order valence-electron chi connectivity index (χ0n) is 11.1. The first-order chi connectivity index (χ1) is 9.97. The topological polar surface area (TPSA) is 106 Å². The fraction of sp³-hybridized carbons (Fsp3) is 0.250. The van der Waals surface area contributed by atoms with Crippen molar-refractivity contribution in [2.24, 2.45) is 7.05 Å². The summed E-state index contributed by atoms with van der Waals surface area (Å²) in [6.45, 7) is 0. The third kappa shape index (κ3) is 2.52. The minimum atomic E-state index is -3.86. The molecule has 21 heavy (non-hydrogen) atoms. The molecule has 8 nitrogen and oxygen atoms in total. The Bertz CT molecular complexity index is 799. The van der Waals surface area contributed by atoms with E-state index in [0.717, 1.165) is 16.4 Å². The van der Waals surface area contributed by atoms with Crippen LogP contribution in [-0.2, 0) is 28.3 Å². The summed E-state index contributed by atoms with van der Waals surface area (Å²) in [7, 11) is -2.39. The standard InChI is InChI=1S/C12H13N5O3S/c1-17-11(7-13-16-17)21(19,20)15-10-6-8-4-2-3-5-9(8)14-12(10)18/h2-5,7,10,15H,6H2,1H3,(H,14,18). The average Bonchev–Trinajstić information content (AvgIpc) is 2.86. The van der Waals surface area contributed by atoms with Gasteiger partial charge in [-0.2, -0.15) is 4.72 Å². The molecule has 0 saturated carbocycles. The number of benzene rings is 1. The number of rotatable bonds is 3. The Labute approximate surface area is 121 Å². The van der Waals surface area contributed by atoms with Gasteiger partial charge in [0.25, 0.3) is 10.0 Å². The number of fused-ring (bicyclic) bond motifs is 1. The summed E-state index contributed by atoms with van der Waals surface area (Å²) in [5.41, 5.74) is 1.59. The molecular formula is C12H13N5O3S. The number of carbonyl (C=O) groups excluding carboxylic acids is 1. The smallest absolute Gasteiger partial charge is 0.260 e. The third-order valence-corrected chi connectivity index (χ3v) is 4.78. The minimum absolute atomic E-state index is 0.0887. The van der Waals surface area contributed by atoms with Crippen LogP contribution < -0.4 is 10.0 Å². The van der Waals surface area contributed by atoms with Crippen molar-refractivity contribution < 1.29 is 13.2 Å². The second-order valence-corrected chi connectivity index (χ2v) is 6.38. The molecule has 1 atom stereocenters. The van der Waals surface area contributed by atoms with Crippen LogP contribution in [0.25, 0.3) is 0 Å². The van der Waals surface area contributed by atoms with Crippen molar-refractivity contribution >= 4 is 21.6 Å². The second-order valence-electron chi connectivity index (χ2n) is 4.72. The Morgan fingerprint density at radius 1 is 1.38 bits per heavy atom. The van der Waals surface area contributed by atoms with E-state index in [9.17, 15) is 13.2 Å². The van der Waals surface area contributed by atoms with Crippen molar-refractivity contribution in [1.82, 2.24) is 19.7 Å². The van der Waals surface area contributed by atoms with Gasteiger partial charge in [0.1, 0.15) is 6.04 Å². The maximum Gasteiger partial charge on any atom is 0.260 e. The number of amides is 1. The highest BCUT2D eigenvalue weighted by Crippen LogP contribution is 2.22. The largest absolute Gasteiger partial charge is 0.324 e. The van der Waals surface area contributed by atoms with Crippen LogP contribution >= 0.6 is 0 Å². The van der Waals surface area contributed by atoms with Crippen molar-refractivity contribution in [2.45, 2.75) is 17.5 Å². The second kappa shape index (κ2) is 4.93. The molecule has 2 aromatic rings. The Morgan fingerprint density at radius 2 is 2.14 bits per heavy atom. The fourth-order valence-corrected chi connectivity index (χ4v) is 3.48. The van der Waals surface area contributed by atoms with E-state index in [2.05, 4.69) is 20.4 Å². The Balaban J connectivity index is 1.86. The summed E-state index contributed by atoms with van der Waals surface area (Å²) in [5, 5.41) is 9.71. The number of hydrogen-bond donors (Lipinski definition) is 2. The van der Waals surface area contributed by atoms with Crippen molar-refractivity contribution in [2.75, 3.05) is 5.32 Å². The van der Waals surface area contributed by atoms with Gasteiger partial charge in [0.2, 0.25) is 5.91 Å². The van der Waals surface area contributed by atoms with E-state index in [1.807, 2.05) is 18.2 Å². The molecular weight excluding hydrogens is 294 g/mol. The summed E-state index contributed by atoms with van der Waals surface area (Å²) in [6.07, 6.45) is 1.43. The minimum Gasteiger partial charge on any atom is -0.324 e.